The summed E-state index contributed by atoms with van der Waals surface area (Å²) < 4.78 is 37.6. The molecule has 0 aliphatic carbocycles. The van der Waals surface area contributed by atoms with Gasteiger partial charge in [0.25, 0.3) is 11.8 Å². The van der Waals surface area contributed by atoms with Gasteiger partial charge in [0.15, 0.2) is 6.61 Å². The van der Waals surface area contributed by atoms with E-state index in [9.17, 15) is 13.2 Å². The van der Waals surface area contributed by atoms with Crippen LogP contribution >= 0.6 is 11.3 Å². The van der Waals surface area contributed by atoms with Gasteiger partial charge in [0, 0.05) is 24.0 Å². The predicted octanol–water partition coefficient (Wildman–Crippen LogP) is 2.26. The second-order valence-electron chi connectivity index (χ2n) is 6.45. The Morgan fingerprint density at radius 3 is 2.76 bits per heavy atom. The number of amides is 1. The molecule has 3 heterocycles. The number of carbonyl (C=O) groups is 1. The van der Waals surface area contributed by atoms with Crippen molar-refractivity contribution in [1.29, 1.82) is 0 Å². The highest BCUT2D eigenvalue weighted by molar-refractivity contribution is 7.89. The first-order valence-electron chi connectivity index (χ1n) is 8.87. The fraction of sp³-hybridized carbons (Fsp3) is 0.278. The van der Waals surface area contributed by atoms with E-state index in [0.29, 0.717) is 18.9 Å². The Morgan fingerprint density at radius 2 is 2.07 bits per heavy atom. The zero-order valence-electron chi connectivity index (χ0n) is 15.3. The van der Waals surface area contributed by atoms with Gasteiger partial charge in [-0.25, -0.2) is 8.42 Å². The third-order valence-electron chi connectivity index (χ3n) is 4.52. The number of thiophene rings is 1. The molecule has 0 spiro atoms. The van der Waals surface area contributed by atoms with Gasteiger partial charge < -0.3 is 15.0 Å². The van der Waals surface area contributed by atoms with Crippen LogP contribution in [0.2, 0.25) is 0 Å². The maximum Gasteiger partial charge on any atom is 0.264 e. The highest BCUT2D eigenvalue weighted by Crippen LogP contribution is 2.27. The van der Waals surface area contributed by atoms with E-state index in [2.05, 4.69) is 10.1 Å². The van der Waals surface area contributed by atoms with E-state index in [4.69, 9.17) is 15.0 Å². The summed E-state index contributed by atoms with van der Waals surface area (Å²) in [5.74, 6) is 0.0125. The summed E-state index contributed by atoms with van der Waals surface area (Å²) in [7, 11) is -3.67. The molecule has 1 amide bonds. The van der Waals surface area contributed by atoms with Crippen LogP contribution < -0.4 is 10.5 Å². The van der Waals surface area contributed by atoms with Gasteiger partial charge in [-0.2, -0.15) is 20.6 Å². The lowest BCUT2D eigenvalue weighted by molar-refractivity contribution is 0.0994. The SMILES string of the molecule is NC(=O)c1cc(S(=O)(=O)N2CCCC2)ccc1OCc1nc(-c2ccsc2)no1. The molecule has 3 aromatic rings. The summed E-state index contributed by atoms with van der Waals surface area (Å²) in [5, 5.41) is 7.67. The van der Waals surface area contributed by atoms with E-state index in [1.807, 2.05) is 16.8 Å². The lowest BCUT2D eigenvalue weighted by atomic mass is 10.2. The number of hydrogen-bond donors (Lipinski definition) is 1. The molecule has 0 bridgehead atoms. The number of primary amides is 1. The van der Waals surface area contributed by atoms with E-state index in [0.717, 1.165) is 18.4 Å². The molecule has 0 unspecified atom stereocenters. The molecule has 1 fully saturated rings. The summed E-state index contributed by atoms with van der Waals surface area (Å²) in [4.78, 5) is 16.1. The minimum atomic E-state index is -3.67. The number of rotatable bonds is 7. The Hall–Kier alpha value is -2.76. The quantitative estimate of drug-likeness (QED) is 0.604. The van der Waals surface area contributed by atoms with E-state index in [-0.39, 0.29) is 28.7 Å². The summed E-state index contributed by atoms with van der Waals surface area (Å²) in [6.07, 6.45) is 1.64. The molecular formula is C18H18N4O5S2. The van der Waals surface area contributed by atoms with Crippen molar-refractivity contribution in [1.82, 2.24) is 14.4 Å². The van der Waals surface area contributed by atoms with Crippen molar-refractivity contribution in [3.8, 4) is 17.1 Å². The van der Waals surface area contributed by atoms with Gasteiger partial charge in [0.1, 0.15) is 5.75 Å². The van der Waals surface area contributed by atoms with E-state index >= 15 is 0 Å². The van der Waals surface area contributed by atoms with Crippen molar-refractivity contribution in [2.45, 2.75) is 24.3 Å². The Morgan fingerprint density at radius 1 is 1.28 bits per heavy atom. The molecule has 1 saturated heterocycles. The summed E-state index contributed by atoms with van der Waals surface area (Å²) in [6.45, 7) is 0.849. The van der Waals surface area contributed by atoms with Crippen LogP contribution in [0.15, 0.2) is 44.4 Å². The zero-order chi connectivity index (χ0) is 20.4. The fourth-order valence-electron chi connectivity index (χ4n) is 3.03. The maximum absolute atomic E-state index is 12.7. The molecule has 0 saturated carbocycles. The smallest absolute Gasteiger partial charge is 0.264 e. The fourth-order valence-corrected chi connectivity index (χ4v) is 5.21. The van der Waals surface area contributed by atoms with Crippen molar-refractivity contribution in [2.24, 2.45) is 5.73 Å². The second-order valence-corrected chi connectivity index (χ2v) is 9.16. The maximum atomic E-state index is 12.7. The molecule has 1 aliphatic rings. The second kappa shape index (κ2) is 7.93. The largest absolute Gasteiger partial charge is 0.483 e. The van der Waals surface area contributed by atoms with Crippen LogP contribution in [0.5, 0.6) is 5.75 Å². The molecule has 9 nitrogen and oxygen atoms in total. The monoisotopic (exact) mass is 434 g/mol. The number of nitrogens with zero attached hydrogens (tertiary/aromatic N) is 3. The van der Waals surface area contributed by atoms with E-state index in [1.54, 1.807) is 0 Å². The van der Waals surface area contributed by atoms with E-state index < -0.39 is 15.9 Å². The van der Waals surface area contributed by atoms with Crippen LogP contribution in [0.25, 0.3) is 11.4 Å². The van der Waals surface area contributed by atoms with Crippen LogP contribution in [-0.4, -0.2) is 41.9 Å². The molecule has 0 atom stereocenters. The van der Waals surface area contributed by atoms with Crippen molar-refractivity contribution in [3.05, 3.63) is 46.5 Å². The normalized spacial score (nSPS) is 14.9. The molecule has 1 aliphatic heterocycles. The number of sulfonamides is 1. The van der Waals surface area contributed by atoms with Gasteiger partial charge in [0.2, 0.25) is 15.8 Å². The average Bonchev–Trinajstić information content (AvgIpc) is 3.48. The van der Waals surface area contributed by atoms with Crippen molar-refractivity contribution < 1.29 is 22.5 Å². The van der Waals surface area contributed by atoms with Crippen molar-refractivity contribution >= 4 is 27.3 Å². The molecule has 2 aromatic heterocycles. The Kier molecular flexibility index (Phi) is 5.35. The molecule has 0 radical (unpaired) electrons. The van der Waals surface area contributed by atoms with Gasteiger partial charge in [-0.1, -0.05) is 5.16 Å². The van der Waals surface area contributed by atoms with Crippen molar-refractivity contribution in [2.75, 3.05) is 13.1 Å². The summed E-state index contributed by atoms with van der Waals surface area (Å²) >= 11 is 1.51. The molecule has 4 rings (SSSR count). The van der Waals surface area contributed by atoms with Gasteiger partial charge in [-0.3, -0.25) is 4.79 Å². The van der Waals surface area contributed by atoms with Crippen molar-refractivity contribution in [3.63, 3.8) is 0 Å². The van der Waals surface area contributed by atoms with Crippen LogP contribution in [0.3, 0.4) is 0 Å². The molecule has 11 heteroatoms. The van der Waals surface area contributed by atoms with Crippen LogP contribution in [-0.2, 0) is 16.6 Å². The Labute approximate surface area is 171 Å². The Bertz CT molecular complexity index is 1120. The molecule has 2 N–H and O–H groups in total. The first-order chi connectivity index (χ1) is 13.9. The molecule has 152 valence electrons. The molecule has 29 heavy (non-hydrogen) atoms. The van der Waals surface area contributed by atoms with E-state index in [1.165, 1.54) is 33.8 Å². The summed E-state index contributed by atoms with van der Waals surface area (Å²) in [5.41, 5.74) is 6.25. The number of benzene rings is 1. The lowest BCUT2D eigenvalue weighted by Crippen LogP contribution is -2.28. The summed E-state index contributed by atoms with van der Waals surface area (Å²) in [6, 6.07) is 5.93. The van der Waals surface area contributed by atoms with Gasteiger partial charge in [0.05, 0.1) is 10.5 Å². The predicted molar refractivity (Wildman–Crippen MR) is 105 cm³/mol. The molecular weight excluding hydrogens is 416 g/mol. The Balaban J connectivity index is 1.54. The topological polar surface area (TPSA) is 129 Å². The number of ether oxygens (including phenoxy) is 1. The number of carbonyl (C=O) groups excluding carboxylic acids is 1. The average molecular weight is 434 g/mol. The standard InChI is InChI=1S/C18H18N4O5S2/c19-17(23)14-9-13(29(24,25)22-6-1-2-7-22)3-4-15(14)26-10-16-20-18(21-27-16)12-5-8-28-11-12/h3-5,8-9,11H,1-2,6-7,10H2,(H2,19,23). The van der Waals surface area contributed by atoms with Crippen LogP contribution in [0, 0.1) is 0 Å². The van der Waals surface area contributed by atoms with Crippen LogP contribution in [0.1, 0.15) is 29.1 Å². The zero-order valence-corrected chi connectivity index (χ0v) is 16.9. The van der Waals surface area contributed by atoms with Gasteiger partial charge in [-0.05, 0) is 42.5 Å². The van der Waals surface area contributed by atoms with Crippen LogP contribution in [0.4, 0.5) is 0 Å². The third-order valence-corrected chi connectivity index (χ3v) is 7.10. The highest BCUT2D eigenvalue weighted by atomic mass is 32.2. The van der Waals surface area contributed by atoms with Gasteiger partial charge >= 0.3 is 0 Å². The number of nitrogens with two attached hydrogens (primary N) is 1. The minimum Gasteiger partial charge on any atom is -0.483 e. The minimum absolute atomic E-state index is 0.0121. The van der Waals surface area contributed by atoms with Gasteiger partial charge in [-0.15, -0.1) is 0 Å². The first-order valence-corrected chi connectivity index (χ1v) is 11.3. The number of aromatic nitrogens is 2. The highest BCUT2D eigenvalue weighted by Gasteiger charge is 2.28. The molecule has 1 aromatic carbocycles. The third kappa shape index (κ3) is 4.02. The number of hydrogen-bond acceptors (Lipinski definition) is 8. The lowest BCUT2D eigenvalue weighted by Gasteiger charge is -2.16. The first kappa shape index (κ1) is 19.6.